The van der Waals surface area contributed by atoms with E-state index >= 15 is 0 Å². The van der Waals surface area contributed by atoms with E-state index in [1.807, 2.05) is 12.1 Å². The van der Waals surface area contributed by atoms with Crippen LogP contribution in [-0.4, -0.2) is 19.1 Å². The zero-order valence-electron chi connectivity index (χ0n) is 9.29. The van der Waals surface area contributed by atoms with Crippen molar-refractivity contribution >= 4 is 33.2 Å². The molecule has 0 amide bonds. The third kappa shape index (κ3) is 2.36. The van der Waals surface area contributed by atoms with Crippen molar-refractivity contribution in [3.8, 4) is 0 Å². The second-order valence-corrected chi connectivity index (χ2v) is 5.65. The van der Waals surface area contributed by atoms with E-state index in [1.165, 1.54) is 5.69 Å². The molecule has 2 nitrogen and oxygen atoms in total. The van der Waals surface area contributed by atoms with Crippen LogP contribution in [0.1, 0.15) is 13.3 Å². The largest absolute Gasteiger partial charge is 0.370 e. The van der Waals surface area contributed by atoms with Crippen molar-refractivity contribution in [2.75, 3.05) is 18.0 Å². The van der Waals surface area contributed by atoms with Crippen LogP contribution in [0.25, 0.3) is 0 Å². The SMILES string of the molecule is CC1CN(c2cccc(Cl)c2Br)CCC1N. The summed E-state index contributed by atoms with van der Waals surface area (Å²) in [5, 5.41) is 0.764. The Kier molecular flexibility index (Phi) is 3.77. The van der Waals surface area contributed by atoms with Gasteiger partial charge in [0.1, 0.15) is 0 Å². The maximum atomic E-state index is 6.10. The number of piperidine rings is 1. The number of benzene rings is 1. The number of nitrogens with two attached hydrogens (primary N) is 1. The molecule has 0 aliphatic carbocycles. The van der Waals surface area contributed by atoms with E-state index < -0.39 is 0 Å². The molecule has 1 heterocycles. The van der Waals surface area contributed by atoms with Crippen LogP contribution in [0.4, 0.5) is 5.69 Å². The van der Waals surface area contributed by atoms with Gasteiger partial charge in [0.25, 0.3) is 0 Å². The molecule has 0 radical (unpaired) electrons. The highest BCUT2D eigenvalue weighted by molar-refractivity contribution is 9.10. The van der Waals surface area contributed by atoms with E-state index in [4.69, 9.17) is 17.3 Å². The highest BCUT2D eigenvalue weighted by Crippen LogP contribution is 2.34. The van der Waals surface area contributed by atoms with Gasteiger partial charge in [-0.2, -0.15) is 0 Å². The second-order valence-electron chi connectivity index (χ2n) is 4.45. The summed E-state index contributed by atoms with van der Waals surface area (Å²) in [7, 11) is 0. The molecule has 1 saturated heterocycles. The summed E-state index contributed by atoms with van der Waals surface area (Å²) in [5.41, 5.74) is 7.19. The van der Waals surface area contributed by atoms with E-state index in [2.05, 4.69) is 33.8 Å². The Balaban J connectivity index is 2.22. The molecule has 0 saturated carbocycles. The normalized spacial score (nSPS) is 25.9. The highest BCUT2D eigenvalue weighted by atomic mass is 79.9. The van der Waals surface area contributed by atoms with Gasteiger partial charge in [0, 0.05) is 19.1 Å². The first-order chi connectivity index (χ1) is 7.59. The first-order valence-corrected chi connectivity index (χ1v) is 6.71. The van der Waals surface area contributed by atoms with Gasteiger partial charge in [-0.1, -0.05) is 24.6 Å². The van der Waals surface area contributed by atoms with Crippen LogP contribution in [0.2, 0.25) is 5.02 Å². The zero-order chi connectivity index (χ0) is 11.7. The van der Waals surface area contributed by atoms with Crippen molar-refractivity contribution < 1.29 is 0 Å². The van der Waals surface area contributed by atoms with Crippen LogP contribution in [0.15, 0.2) is 22.7 Å². The summed E-state index contributed by atoms with van der Waals surface area (Å²) < 4.78 is 0.985. The van der Waals surface area contributed by atoms with Crippen molar-refractivity contribution in [2.45, 2.75) is 19.4 Å². The number of rotatable bonds is 1. The molecule has 0 spiro atoms. The smallest absolute Gasteiger partial charge is 0.0595 e. The van der Waals surface area contributed by atoms with E-state index in [-0.39, 0.29) is 0 Å². The van der Waals surface area contributed by atoms with Gasteiger partial charge in [-0.05, 0) is 40.4 Å². The summed E-state index contributed by atoms with van der Waals surface area (Å²) >= 11 is 9.65. The van der Waals surface area contributed by atoms with E-state index in [0.717, 1.165) is 29.0 Å². The minimum absolute atomic E-state index is 0.328. The molecule has 1 aromatic rings. The topological polar surface area (TPSA) is 29.3 Å². The molecule has 1 aromatic carbocycles. The summed E-state index contributed by atoms with van der Waals surface area (Å²) in [5.74, 6) is 0.527. The standard InChI is InChI=1S/C12H16BrClN2/c1-8-7-16(6-5-10(8)15)11-4-2-3-9(14)12(11)13/h2-4,8,10H,5-7,15H2,1H3. The Hall–Kier alpha value is -0.250. The van der Waals surface area contributed by atoms with E-state index in [9.17, 15) is 0 Å². The Morgan fingerprint density at radius 3 is 2.94 bits per heavy atom. The van der Waals surface area contributed by atoms with Crippen LogP contribution in [0.5, 0.6) is 0 Å². The third-order valence-electron chi connectivity index (χ3n) is 3.24. The zero-order valence-corrected chi connectivity index (χ0v) is 11.6. The van der Waals surface area contributed by atoms with Gasteiger partial charge in [-0.3, -0.25) is 0 Å². The summed E-state index contributed by atoms with van der Waals surface area (Å²) in [6.45, 7) is 4.21. The number of anilines is 1. The van der Waals surface area contributed by atoms with Crippen molar-refractivity contribution in [3.05, 3.63) is 27.7 Å². The Labute approximate surface area is 110 Å². The van der Waals surface area contributed by atoms with Gasteiger partial charge in [0.05, 0.1) is 15.2 Å². The molecular formula is C12H16BrClN2. The van der Waals surface area contributed by atoms with Crippen LogP contribution in [0, 0.1) is 5.92 Å². The van der Waals surface area contributed by atoms with Crippen molar-refractivity contribution in [1.29, 1.82) is 0 Å². The first kappa shape index (κ1) is 12.2. The molecule has 2 rings (SSSR count). The maximum absolute atomic E-state index is 6.10. The van der Waals surface area contributed by atoms with Crippen LogP contribution in [0.3, 0.4) is 0 Å². The third-order valence-corrected chi connectivity index (χ3v) is 4.62. The monoisotopic (exact) mass is 302 g/mol. The molecule has 2 atom stereocenters. The van der Waals surface area contributed by atoms with Gasteiger partial charge >= 0.3 is 0 Å². The lowest BCUT2D eigenvalue weighted by molar-refractivity contribution is 0.382. The minimum Gasteiger partial charge on any atom is -0.370 e. The fourth-order valence-corrected chi connectivity index (χ4v) is 2.80. The molecular weight excluding hydrogens is 288 g/mol. The van der Waals surface area contributed by atoms with Gasteiger partial charge < -0.3 is 10.6 Å². The molecule has 0 bridgehead atoms. The Bertz CT molecular complexity index is 383. The van der Waals surface area contributed by atoms with Gasteiger partial charge in [-0.25, -0.2) is 0 Å². The molecule has 2 N–H and O–H groups in total. The Morgan fingerprint density at radius 1 is 1.50 bits per heavy atom. The number of hydrogen-bond donors (Lipinski definition) is 1. The molecule has 88 valence electrons. The van der Waals surface area contributed by atoms with Crippen molar-refractivity contribution in [3.63, 3.8) is 0 Å². The fourth-order valence-electron chi connectivity index (χ4n) is 2.12. The predicted octanol–water partition coefficient (Wildman–Crippen LogP) is 3.28. The quantitative estimate of drug-likeness (QED) is 0.863. The lowest BCUT2D eigenvalue weighted by Crippen LogP contribution is -2.46. The average Bonchev–Trinajstić information content (AvgIpc) is 2.26. The number of halogens is 2. The van der Waals surface area contributed by atoms with E-state index in [0.29, 0.717) is 12.0 Å². The molecule has 1 aliphatic rings. The predicted molar refractivity (Wildman–Crippen MR) is 73.1 cm³/mol. The molecule has 2 unspecified atom stereocenters. The van der Waals surface area contributed by atoms with Crippen molar-refractivity contribution in [1.82, 2.24) is 0 Å². The molecule has 4 heteroatoms. The lowest BCUT2D eigenvalue weighted by atomic mass is 9.94. The summed E-state index contributed by atoms with van der Waals surface area (Å²) in [6.07, 6.45) is 1.04. The second kappa shape index (κ2) is 4.94. The van der Waals surface area contributed by atoms with Crippen LogP contribution >= 0.6 is 27.5 Å². The number of nitrogens with zero attached hydrogens (tertiary/aromatic N) is 1. The number of hydrogen-bond acceptors (Lipinski definition) is 2. The lowest BCUT2D eigenvalue weighted by Gasteiger charge is -2.37. The molecule has 16 heavy (non-hydrogen) atoms. The van der Waals surface area contributed by atoms with Crippen LogP contribution in [-0.2, 0) is 0 Å². The van der Waals surface area contributed by atoms with Gasteiger partial charge in [0.15, 0.2) is 0 Å². The van der Waals surface area contributed by atoms with Gasteiger partial charge in [-0.15, -0.1) is 0 Å². The van der Waals surface area contributed by atoms with Crippen LogP contribution < -0.4 is 10.6 Å². The van der Waals surface area contributed by atoms with Crippen molar-refractivity contribution in [2.24, 2.45) is 11.7 Å². The Morgan fingerprint density at radius 2 is 2.25 bits per heavy atom. The highest BCUT2D eigenvalue weighted by Gasteiger charge is 2.24. The summed E-state index contributed by atoms with van der Waals surface area (Å²) in [6, 6.07) is 6.31. The van der Waals surface area contributed by atoms with Gasteiger partial charge in [0.2, 0.25) is 0 Å². The fraction of sp³-hybridized carbons (Fsp3) is 0.500. The van der Waals surface area contributed by atoms with E-state index in [1.54, 1.807) is 0 Å². The minimum atomic E-state index is 0.328. The molecule has 0 aromatic heterocycles. The first-order valence-electron chi connectivity index (χ1n) is 5.54. The molecule has 1 aliphatic heterocycles. The molecule has 1 fully saturated rings. The maximum Gasteiger partial charge on any atom is 0.0595 e. The summed E-state index contributed by atoms with van der Waals surface area (Å²) in [4.78, 5) is 2.35. The average molecular weight is 304 g/mol.